The maximum Gasteiger partial charge on any atom is 0.240 e. The predicted octanol–water partition coefficient (Wildman–Crippen LogP) is 3.22. The van der Waals surface area contributed by atoms with Gasteiger partial charge in [0.05, 0.1) is 25.4 Å². The average Bonchev–Trinajstić information content (AvgIpc) is 2.78. The maximum atomic E-state index is 13.2. The predicted molar refractivity (Wildman–Crippen MR) is 118 cm³/mol. The first kappa shape index (κ1) is 21.2. The lowest BCUT2D eigenvalue weighted by molar-refractivity contribution is -0.143. The zero-order chi connectivity index (χ0) is 19.8. The van der Waals surface area contributed by atoms with E-state index in [1.165, 1.54) is 22.3 Å². The van der Waals surface area contributed by atoms with Crippen LogP contribution >= 0.6 is 12.4 Å². The number of methoxy groups -OCH3 is 1. The Labute approximate surface area is 184 Å². The summed E-state index contributed by atoms with van der Waals surface area (Å²) in [6.07, 6.45) is 3.39. The van der Waals surface area contributed by atoms with Gasteiger partial charge in [-0.2, -0.15) is 0 Å². The van der Waals surface area contributed by atoms with Crippen molar-refractivity contribution in [3.05, 3.63) is 64.7 Å². The van der Waals surface area contributed by atoms with E-state index in [-0.39, 0.29) is 30.0 Å². The molecule has 160 valence electrons. The summed E-state index contributed by atoms with van der Waals surface area (Å²) in [5.74, 6) is 1.12. The molecule has 3 aliphatic rings. The van der Waals surface area contributed by atoms with Crippen molar-refractivity contribution in [2.75, 3.05) is 26.8 Å². The molecule has 2 aromatic carbocycles. The molecular weight excluding hydrogens is 400 g/mol. The molecule has 30 heavy (non-hydrogen) atoms. The summed E-state index contributed by atoms with van der Waals surface area (Å²) in [5, 5.41) is 3.44. The van der Waals surface area contributed by atoms with Gasteiger partial charge in [-0.1, -0.05) is 30.3 Å². The van der Waals surface area contributed by atoms with E-state index in [1.54, 1.807) is 7.11 Å². The van der Waals surface area contributed by atoms with E-state index in [0.29, 0.717) is 0 Å². The molecule has 6 heteroatoms. The molecule has 0 unspecified atom stereocenters. The van der Waals surface area contributed by atoms with Crippen LogP contribution in [0.15, 0.2) is 42.5 Å². The topological polar surface area (TPSA) is 50.8 Å². The Morgan fingerprint density at radius 1 is 1.13 bits per heavy atom. The largest absolute Gasteiger partial charge is 0.497 e. The van der Waals surface area contributed by atoms with Crippen molar-refractivity contribution in [1.82, 2.24) is 10.2 Å². The number of rotatable bonds is 2. The molecule has 0 bridgehead atoms. The van der Waals surface area contributed by atoms with Crippen molar-refractivity contribution in [3.63, 3.8) is 0 Å². The number of hydrogen-bond donors (Lipinski definition) is 1. The number of benzene rings is 2. The summed E-state index contributed by atoms with van der Waals surface area (Å²) in [6.45, 7) is 2.98. The lowest BCUT2D eigenvalue weighted by Gasteiger charge is -2.45. The van der Waals surface area contributed by atoms with Crippen LogP contribution in [0.5, 0.6) is 5.75 Å². The molecule has 0 saturated carbocycles. The molecule has 1 fully saturated rings. The monoisotopic (exact) mass is 428 g/mol. The number of carbonyl (C=O) groups is 1. The van der Waals surface area contributed by atoms with Crippen LogP contribution in [0.1, 0.15) is 35.1 Å². The van der Waals surface area contributed by atoms with Gasteiger partial charge in [0.15, 0.2) is 0 Å². The third-order valence-corrected chi connectivity index (χ3v) is 6.82. The molecule has 5 rings (SSSR count). The average molecular weight is 429 g/mol. The van der Waals surface area contributed by atoms with Crippen molar-refractivity contribution in [1.29, 1.82) is 0 Å². The normalized spacial score (nSPS) is 21.9. The zero-order valence-corrected chi connectivity index (χ0v) is 18.2. The Hall–Kier alpha value is -2.08. The summed E-state index contributed by atoms with van der Waals surface area (Å²) in [5.41, 5.74) is 4.93. The number of likely N-dealkylation sites (tertiary alicyclic amines) is 1. The number of nitrogens with zero attached hydrogens (tertiary/aromatic N) is 1. The smallest absolute Gasteiger partial charge is 0.240 e. The molecule has 1 saturated heterocycles. The first-order valence-electron chi connectivity index (χ1n) is 10.6. The lowest BCUT2D eigenvalue weighted by Crippen LogP contribution is -2.54. The number of amides is 1. The molecule has 5 nitrogen and oxygen atoms in total. The van der Waals surface area contributed by atoms with Gasteiger partial charge >= 0.3 is 0 Å². The number of fused-ring (bicyclic) bond motifs is 3. The lowest BCUT2D eigenvalue weighted by atomic mass is 9.79. The van der Waals surface area contributed by atoms with E-state index >= 15 is 0 Å². The fourth-order valence-corrected chi connectivity index (χ4v) is 5.13. The van der Waals surface area contributed by atoms with Crippen LogP contribution in [-0.2, 0) is 34.5 Å². The number of nitrogens with one attached hydrogen (secondary N) is 1. The third kappa shape index (κ3) is 3.70. The second-order valence-electron chi connectivity index (χ2n) is 8.35. The van der Waals surface area contributed by atoms with Gasteiger partial charge in [-0.25, -0.2) is 0 Å². The molecule has 1 atom stereocenters. The molecule has 3 aliphatic heterocycles. The summed E-state index contributed by atoms with van der Waals surface area (Å²) >= 11 is 0. The Kier molecular flexibility index (Phi) is 6.05. The summed E-state index contributed by atoms with van der Waals surface area (Å²) in [7, 11) is 1.71. The van der Waals surface area contributed by atoms with E-state index in [0.717, 1.165) is 57.7 Å². The van der Waals surface area contributed by atoms with Gasteiger partial charge in [0.2, 0.25) is 5.91 Å². The van der Waals surface area contributed by atoms with E-state index in [9.17, 15) is 4.79 Å². The van der Waals surface area contributed by atoms with Crippen molar-refractivity contribution in [2.24, 2.45) is 0 Å². The van der Waals surface area contributed by atoms with Crippen LogP contribution in [0.2, 0.25) is 0 Å². The highest BCUT2D eigenvalue weighted by molar-refractivity contribution is 5.85. The summed E-state index contributed by atoms with van der Waals surface area (Å²) in [4.78, 5) is 15.2. The molecule has 1 spiro atoms. The third-order valence-electron chi connectivity index (χ3n) is 6.82. The quantitative estimate of drug-likeness (QED) is 0.797. The van der Waals surface area contributed by atoms with Crippen molar-refractivity contribution < 1.29 is 14.3 Å². The number of carbonyl (C=O) groups excluding carboxylic acids is 1. The Bertz CT molecular complexity index is 924. The number of hydrogen-bond acceptors (Lipinski definition) is 4. The first-order valence-corrected chi connectivity index (χ1v) is 10.6. The molecule has 0 radical (unpaired) electrons. The van der Waals surface area contributed by atoms with Crippen molar-refractivity contribution in [3.8, 4) is 5.75 Å². The van der Waals surface area contributed by atoms with Gasteiger partial charge in [-0.05, 0) is 60.1 Å². The van der Waals surface area contributed by atoms with Gasteiger partial charge in [-0.3, -0.25) is 4.79 Å². The van der Waals surface area contributed by atoms with Crippen LogP contribution in [0, 0.1) is 0 Å². The van der Waals surface area contributed by atoms with Crippen LogP contribution < -0.4 is 10.1 Å². The highest BCUT2D eigenvalue weighted by Gasteiger charge is 2.42. The molecule has 1 amide bonds. The number of piperidine rings is 1. The van der Waals surface area contributed by atoms with E-state index < -0.39 is 0 Å². The molecule has 3 heterocycles. The number of ether oxygens (including phenoxy) is 2. The van der Waals surface area contributed by atoms with Crippen LogP contribution in [-0.4, -0.2) is 43.7 Å². The molecule has 0 aromatic heterocycles. The second kappa shape index (κ2) is 8.58. The Morgan fingerprint density at radius 3 is 2.67 bits per heavy atom. The van der Waals surface area contributed by atoms with Gasteiger partial charge in [0.25, 0.3) is 0 Å². The van der Waals surface area contributed by atoms with E-state index in [2.05, 4.69) is 41.7 Å². The number of halogens is 1. The van der Waals surface area contributed by atoms with Gasteiger partial charge in [0, 0.05) is 19.6 Å². The fourth-order valence-electron chi connectivity index (χ4n) is 5.13. The van der Waals surface area contributed by atoms with Crippen LogP contribution in [0.4, 0.5) is 0 Å². The highest BCUT2D eigenvalue weighted by atomic mass is 35.5. The Morgan fingerprint density at radius 2 is 1.90 bits per heavy atom. The van der Waals surface area contributed by atoms with E-state index in [1.807, 2.05) is 11.0 Å². The van der Waals surface area contributed by atoms with E-state index in [4.69, 9.17) is 9.47 Å². The van der Waals surface area contributed by atoms with Crippen LogP contribution in [0.3, 0.4) is 0 Å². The van der Waals surface area contributed by atoms with Gasteiger partial charge < -0.3 is 19.7 Å². The fraction of sp³-hybridized carbons (Fsp3) is 0.458. The molecule has 1 N–H and O–H groups in total. The molecular formula is C24H29ClN2O3. The minimum Gasteiger partial charge on any atom is -0.497 e. The standard InChI is InChI=1S/C24H28N2O3.ClH/c1-28-20-6-7-21-18(14-20)8-13-29-24(21)9-11-26(12-10-24)23(27)22-15-17-4-2-3-5-19(17)16-25-22;/h2-7,14,22,25H,8-13,15-16H2,1H3;1H/t22-;/m1./s1. The Balaban J connectivity index is 0.00000218. The van der Waals surface area contributed by atoms with Crippen molar-refractivity contribution >= 4 is 18.3 Å². The SMILES string of the molecule is COc1ccc2c(c1)CCOC21CCN(C(=O)[C@H]2Cc3ccccc3CN2)CC1.Cl. The molecule has 2 aromatic rings. The summed E-state index contributed by atoms with van der Waals surface area (Å²) < 4.78 is 11.7. The van der Waals surface area contributed by atoms with Gasteiger partial charge in [-0.15, -0.1) is 12.4 Å². The minimum atomic E-state index is -0.261. The first-order chi connectivity index (χ1) is 14.2. The minimum absolute atomic E-state index is 0. The molecule has 0 aliphatic carbocycles. The zero-order valence-electron chi connectivity index (χ0n) is 17.4. The van der Waals surface area contributed by atoms with Gasteiger partial charge in [0.1, 0.15) is 5.75 Å². The second-order valence-corrected chi connectivity index (χ2v) is 8.35. The van der Waals surface area contributed by atoms with Crippen molar-refractivity contribution in [2.45, 2.75) is 43.9 Å². The summed E-state index contributed by atoms with van der Waals surface area (Å²) in [6, 6.07) is 14.6. The maximum absolute atomic E-state index is 13.2. The van der Waals surface area contributed by atoms with Crippen LogP contribution in [0.25, 0.3) is 0 Å². The highest BCUT2D eigenvalue weighted by Crippen LogP contribution is 2.42.